The van der Waals surface area contributed by atoms with Crippen LogP contribution in [0.15, 0.2) is 24.3 Å². The minimum atomic E-state index is -0.483. The van der Waals surface area contributed by atoms with Crippen LogP contribution in [-0.2, 0) is 4.79 Å². The van der Waals surface area contributed by atoms with Gasteiger partial charge in [-0.25, -0.2) is 4.39 Å². The van der Waals surface area contributed by atoms with Crippen LogP contribution in [0.1, 0.15) is 30.6 Å². The lowest BCUT2D eigenvalue weighted by molar-refractivity contribution is -0.135. The number of piperazine rings is 1. The van der Waals surface area contributed by atoms with E-state index in [1.165, 1.54) is 18.6 Å². The van der Waals surface area contributed by atoms with E-state index in [9.17, 15) is 14.0 Å². The molecule has 2 aliphatic heterocycles. The first-order valence-electron chi connectivity index (χ1n) is 9.48. The minimum absolute atomic E-state index is 0.119. The molecule has 0 spiro atoms. The van der Waals surface area contributed by atoms with Gasteiger partial charge in [-0.3, -0.25) is 14.5 Å². The van der Waals surface area contributed by atoms with Gasteiger partial charge in [-0.15, -0.1) is 0 Å². The van der Waals surface area contributed by atoms with Crippen molar-refractivity contribution in [2.45, 2.75) is 20.3 Å². The fraction of sp³-hybridized carbons (Fsp3) is 0.600. The third-order valence-corrected chi connectivity index (χ3v) is 5.34. The molecule has 2 aliphatic rings. The lowest BCUT2D eigenvalue weighted by Gasteiger charge is -2.38. The van der Waals surface area contributed by atoms with E-state index in [-0.39, 0.29) is 17.4 Å². The molecule has 2 heterocycles. The van der Waals surface area contributed by atoms with Crippen LogP contribution in [0.4, 0.5) is 4.39 Å². The molecule has 2 unspecified atom stereocenters. The van der Waals surface area contributed by atoms with Crippen molar-refractivity contribution in [3.05, 3.63) is 35.6 Å². The normalized spacial score (nSPS) is 24.6. The Morgan fingerprint density at radius 3 is 2.23 bits per heavy atom. The molecule has 2 saturated heterocycles. The Kier molecular flexibility index (Phi) is 5.91. The van der Waals surface area contributed by atoms with Gasteiger partial charge in [0.15, 0.2) is 0 Å². The van der Waals surface area contributed by atoms with Gasteiger partial charge in [0.05, 0.1) is 12.1 Å². The van der Waals surface area contributed by atoms with Crippen LogP contribution in [0, 0.1) is 17.7 Å². The standard InChI is InChI=1S/C20H28FN3O2/c1-15-11-16(2)13-24(12-15)19(25)14-22-7-9-23(10-8-22)20(26)17-5-3-4-6-18(17)21/h3-6,15-16H,7-14H2,1-2H3. The summed E-state index contributed by atoms with van der Waals surface area (Å²) in [6.07, 6.45) is 1.18. The van der Waals surface area contributed by atoms with Gasteiger partial charge in [-0.05, 0) is 30.4 Å². The number of carbonyl (C=O) groups is 2. The Bertz CT molecular complexity index is 648. The summed E-state index contributed by atoms with van der Waals surface area (Å²) in [7, 11) is 0. The summed E-state index contributed by atoms with van der Waals surface area (Å²) >= 11 is 0. The number of amides is 2. The Balaban J connectivity index is 1.50. The number of likely N-dealkylation sites (tertiary alicyclic amines) is 1. The number of hydrogen-bond acceptors (Lipinski definition) is 3. The van der Waals surface area contributed by atoms with Crippen LogP contribution in [0.5, 0.6) is 0 Å². The topological polar surface area (TPSA) is 43.9 Å². The van der Waals surface area contributed by atoms with Crippen molar-refractivity contribution in [3.63, 3.8) is 0 Å². The molecule has 26 heavy (non-hydrogen) atoms. The van der Waals surface area contributed by atoms with Gasteiger partial charge >= 0.3 is 0 Å². The molecule has 2 atom stereocenters. The van der Waals surface area contributed by atoms with E-state index in [2.05, 4.69) is 18.7 Å². The molecule has 0 N–H and O–H groups in total. The predicted molar refractivity (Wildman–Crippen MR) is 98.3 cm³/mol. The zero-order chi connectivity index (χ0) is 18.7. The van der Waals surface area contributed by atoms with Gasteiger partial charge in [-0.2, -0.15) is 0 Å². The molecule has 2 fully saturated rings. The zero-order valence-electron chi connectivity index (χ0n) is 15.7. The molecule has 142 valence electrons. The second-order valence-corrected chi connectivity index (χ2v) is 7.79. The number of halogens is 1. The summed E-state index contributed by atoms with van der Waals surface area (Å²) in [4.78, 5) is 30.8. The van der Waals surface area contributed by atoms with Crippen LogP contribution < -0.4 is 0 Å². The Labute approximate surface area is 154 Å². The van der Waals surface area contributed by atoms with Crippen LogP contribution >= 0.6 is 0 Å². The SMILES string of the molecule is CC1CC(C)CN(C(=O)CN2CCN(C(=O)c3ccccc3F)CC2)C1. The Morgan fingerprint density at radius 1 is 1.00 bits per heavy atom. The largest absolute Gasteiger partial charge is 0.341 e. The van der Waals surface area contributed by atoms with Crippen molar-refractivity contribution in [1.82, 2.24) is 14.7 Å². The molecule has 6 heteroatoms. The fourth-order valence-electron chi connectivity index (χ4n) is 4.07. The van der Waals surface area contributed by atoms with Crippen molar-refractivity contribution in [1.29, 1.82) is 0 Å². The monoisotopic (exact) mass is 361 g/mol. The number of nitrogens with zero attached hydrogens (tertiary/aromatic N) is 3. The number of hydrogen-bond donors (Lipinski definition) is 0. The molecule has 0 bridgehead atoms. The molecule has 1 aromatic carbocycles. The molecule has 0 saturated carbocycles. The number of benzene rings is 1. The predicted octanol–water partition coefficient (Wildman–Crippen LogP) is 2.09. The highest BCUT2D eigenvalue weighted by atomic mass is 19.1. The van der Waals surface area contributed by atoms with Crippen molar-refractivity contribution < 1.29 is 14.0 Å². The third-order valence-electron chi connectivity index (χ3n) is 5.34. The maximum atomic E-state index is 13.8. The van der Waals surface area contributed by atoms with Gasteiger partial charge in [0.1, 0.15) is 5.82 Å². The average Bonchev–Trinajstić information content (AvgIpc) is 2.61. The summed E-state index contributed by atoms with van der Waals surface area (Å²) < 4.78 is 13.8. The lowest BCUT2D eigenvalue weighted by atomic mass is 9.92. The third kappa shape index (κ3) is 4.41. The van der Waals surface area contributed by atoms with Gasteiger partial charge in [-0.1, -0.05) is 26.0 Å². The number of carbonyl (C=O) groups excluding carboxylic acids is 2. The molecule has 3 rings (SSSR count). The first-order chi connectivity index (χ1) is 12.4. The highest BCUT2D eigenvalue weighted by Gasteiger charge is 2.29. The zero-order valence-corrected chi connectivity index (χ0v) is 15.7. The minimum Gasteiger partial charge on any atom is -0.341 e. The van der Waals surface area contributed by atoms with Crippen LogP contribution in [0.2, 0.25) is 0 Å². The number of piperidine rings is 1. The summed E-state index contributed by atoms with van der Waals surface area (Å²) in [5.41, 5.74) is 0.119. The van der Waals surface area contributed by atoms with Crippen molar-refractivity contribution in [2.75, 3.05) is 45.8 Å². The molecule has 1 aromatic rings. The molecular weight excluding hydrogens is 333 g/mol. The first kappa shape index (κ1) is 18.8. The van der Waals surface area contributed by atoms with Crippen LogP contribution in [0.25, 0.3) is 0 Å². The second kappa shape index (κ2) is 8.16. The van der Waals surface area contributed by atoms with E-state index in [0.29, 0.717) is 44.6 Å². The van der Waals surface area contributed by atoms with Crippen LogP contribution in [0.3, 0.4) is 0 Å². The van der Waals surface area contributed by atoms with E-state index >= 15 is 0 Å². The maximum Gasteiger partial charge on any atom is 0.256 e. The Morgan fingerprint density at radius 2 is 1.62 bits per heavy atom. The average molecular weight is 361 g/mol. The molecule has 2 amide bonds. The smallest absolute Gasteiger partial charge is 0.256 e. The summed E-state index contributed by atoms with van der Waals surface area (Å²) in [6, 6.07) is 6.08. The van der Waals surface area contributed by atoms with Crippen LogP contribution in [-0.4, -0.2) is 72.3 Å². The molecule has 5 nitrogen and oxygen atoms in total. The fourth-order valence-corrected chi connectivity index (χ4v) is 4.07. The van der Waals surface area contributed by atoms with E-state index < -0.39 is 5.82 Å². The van der Waals surface area contributed by atoms with Gasteiger partial charge in [0, 0.05) is 39.3 Å². The van der Waals surface area contributed by atoms with Crippen molar-refractivity contribution in [2.24, 2.45) is 11.8 Å². The highest BCUT2D eigenvalue weighted by Crippen LogP contribution is 2.21. The summed E-state index contributed by atoms with van der Waals surface area (Å²) in [5, 5.41) is 0. The maximum absolute atomic E-state index is 13.8. The summed E-state index contributed by atoms with van der Waals surface area (Å²) in [5.74, 6) is 0.532. The molecule has 0 aliphatic carbocycles. The van der Waals surface area contributed by atoms with Gasteiger partial charge in [0.25, 0.3) is 5.91 Å². The molecule has 0 radical (unpaired) electrons. The van der Waals surface area contributed by atoms with E-state index in [4.69, 9.17) is 0 Å². The van der Waals surface area contributed by atoms with Gasteiger partial charge in [0.2, 0.25) is 5.91 Å². The Hall–Kier alpha value is -1.95. The number of rotatable bonds is 3. The molecular formula is C20H28FN3O2. The van der Waals surface area contributed by atoms with E-state index in [1.54, 1.807) is 17.0 Å². The quantitative estimate of drug-likeness (QED) is 0.828. The molecule has 0 aromatic heterocycles. The second-order valence-electron chi connectivity index (χ2n) is 7.79. The highest BCUT2D eigenvalue weighted by molar-refractivity contribution is 5.94. The van der Waals surface area contributed by atoms with E-state index in [1.807, 2.05) is 4.90 Å². The van der Waals surface area contributed by atoms with Crippen molar-refractivity contribution in [3.8, 4) is 0 Å². The first-order valence-corrected chi connectivity index (χ1v) is 9.48. The summed E-state index contributed by atoms with van der Waals surface area (Å²) in [6.45, 7) is 8.81. The lowest BCUT2D eigenvalue weighted by Crippen LogP contribution is -2.53. The van der Waals surface area contributed by atoms with Gasteiger partial charge < -0.3 is 9.80 Å². The van der Waals surface area contributed by atoms with E-state index in [0.717, 1.165) is 13.1 Å². The van der Waals surface area contributed by atoms with Crippen molar-refractivity contribution >= 4 is 11.8 Å².